The van der Waals surface area contributed by atoms with Gasteiger partial charge in [-0.15, -0.1) is 0 Å². The number of ether oxygens (including phenoxy) is 1. The molecule has 0 spiro atoms. The molecule has 0 unspecified atom stereocenters. The van der Waals surface area contributed by atoms with Gasteiger partial charge in [0.05, 0.1) is 35.4 Å². The van der Waals surface area contributed by atoms with Gasteiger partial charge in [-0.2, -0.15) is 9.57 Å². The van der Waals surface area contributed by atoms with Crippen LogP contribution < -0.4 is 10.9 Å². The van der Waals surface area contributed by atoms with Crippen LogP contribution in [0.25, 0.3) is 5.70 Å². The lowest BCUT2D eigenvalue weighted by Crippen LogP contribution is -2.40. The Morgan fingerprint density at radius 2 is 1.76 bits per heavy atom. The summed E-state index contributed by atoms with van der Waals surface area (Å²) in [4.78, 5) is 12.5. The second-order valence-electron chi connectivity index (χ2n) is 6.29. The lowest BCUT2D eigenvalue weighted by molar-refractivity contribution is 0.0730. The van der Waals surface area contributed by atoms with E-state index >= 15 is 0 Å². The maximum atomic E-state index is 12.8. The molecular formula is C20H20N4O4S. The molecule has 150 valence electrons. The molecular weight excluding hydrogens is 392 g/mol. The minimum atomic E-state index is -3.69. The Labute approximate surface area is 169 Å². The third-order valence-corrected chi connectivity index (χ3v) is 6.29. The number of carbonyl (C=O) groups is 1. The zero-order valence-electron chi connectivity index (χ0n) is 15.6. The number of sulfonamides is 1. The molecule has 0 aliphatic carbocycles. The summed E-state index contributed by atoms with van der Waals surface area (Å²) in [7, 11) is -3.69. The maximum Gasteiger partial charge on any atom is 0.269 e. The molecule has 0 bridgehead atoms. The van der Waals surface area contributed by atoms with Gasteiger partial charge in [0.1, 0.15) is 0 Å². The highest BCUT2D eigenvalue weighted by atomic mass is 32.2. The van der Waals surface area contributed by atoms with Gasteiger partial charge in [0.25, 0.3) is 5.91 Å². The van der Waals surface area contributed by atoms with Crippen molar-refractivity contribution in [3.05, 3.63) is 71.8 Å². The van der Waals surface area contributed by atoms with Gasteiger partial charge in [0.15, 0.2) is 0 Å². The van der Waals surface area contributed by atoms with Gasteiger partial charge < -0.3 is 4.74 Å². The topological polar surface area (TPSA) is 112 Å². The van der Waals surface area contributed by atoms with Crippen molar-refractivity contribution in [3.63, 3.8) is 0 Å². The molecule has 2 aromatic carbocycles. The molecule has 3 rings (SSSR count). The van der Waals surface area contributed by atoms with Gasteiger partial charge in [0.2, 0.25) is 10.0 Å². The predicted octanol–water partition coefficient (Wildman–Crippen LogP) is 1.48. The van der Waals surface area contributed by atoms with Crippen molar-refractivity contribution >= 4 is 21.6 Å². The highest BCUT2D eigenvalue weighted by Gasteiger charge is 2.26. The number of hydrogen-bond acceptors (Lipinski definition) is 6. The molecule has 0 aromatic heterocycles. The number of amides is 1. The van der Waals surface area contributed by atoms with Crippen LogP contribution in [0.4, 0.5) is 0 Å². The van der Waals surface area contributed by atoms with Crippen LogP contribution in [0.5, 0.6) is 0 Å². The van der Waals surface area contributed by atoms with Crippen LogP contribution in [0.15, 0.2) is 60.0 Å². The summed E-state index contributed by atoms with van der Waals surface area (Å²) in [5.41, 5.74) is 7.05. The average Bonchev–Trinajstić information content (AvgIpc) is 2.78. The second-order valence-corrected chi connectivity index (χ2v) is 8.23. The third-order valence-electron chi connectivity index (χ3n) is 4.39. The lowest BCUT2D eigenvalue weighted by atomic mass is 10.1. The van der Waals surface area contributed by atoms with Crippen LogP contribution >= 0.6 is 0 Å². The number of nitriles is 1. The lowest BCUT2D eigenvalue weighted by Gasteiger charge is -2.26. The molecule has 0 atom stereocenters. The Balaban J connectivity index is 1.67. The molecule has 1 fully saturated rings. The Morgan fingerprint density at radius 1 is 1.07 bits per heavy atom. The summed E-state index contributed by atoms with van der Waals surface area (Å²) < 4.78 is 32.0. The summed E-state index contributed by atoms with van der Waals surface area (Å²) in [6, 6.07) is 14.6. The van der Waals surface area contributed by atoms with E-state index in [0.29, 0.717) is 30.0 Å². The van der Waals surface area contributed by atoms with Crippen LogP contribution in [0.3, 0.4) is 0 Å². The van der Waals surface area contributed by atoms with E-state index in [9.17, 15) is 13.2 Å². The Bertz CT molecular complexity index is 1050. The molecule has 0 saturated carbocycles. The molecule has 0 radical (unpaired) electrons. The summed E-state index contributed by atoms with van der Waals surface area (Å²) in [6.07, 6.45) is 0. The molecule has 1 aliphatic heterocycles. The minimum absolute atomic E-state index is 0.0537. The van der Waals surface area contributed by atoms with Gasteiger partial charge in [-0.3, -0.25) is 15.6 Å². The van der Waals surface area contributed by atoms with Gasteiger partial charge in [0, 0.05) is 18.7 Å². The summed E-state index contributed by atoms with van der Waals surface area (Å²) in [5.74, 6) is -0.501. The average molecular weight is 412 g/mol. The van der Waals surface area contributed by atoms with E-state index in [-0.39, 0.29) is 23.5 Å². The van der Waals surface area contributed by atoms with Crippen LogP contribution in [-0.2, 0) is 14.8 Å². The van der Waals surface area contributed by atoms with Crippen LogP contribution in [0.1, 0.15) is 21.5 Å². The first-order chi connectivity index (χ1) is 13.9. The fraction of sp³-hybridized carbons (Fsp3) is 0.200. The first-order valence-electron chi connectivity index (χ1n) is 8.85. The van der Waals surface area contributed by atoms with E-state index in [0.717, 1.165) is 0 Å². The molecule has 8 nitrogen and oxygen atoms in total. The highest BCUT2D eigenvalue weighted by Crippen LogP contribution is 2.18. The standard InChI is InChI=1S/C20H20N4O4S/c1-15(17-7-5-16(14-21)6-8-17)22-23-20(25)18-3-2-4-19(13-18)29(26,27)24-9-11-28-12-10-24/h2-8,13,22H,1,9-12H2,(H,23,25). The number of carbonyl (C=O) groups excluding carboxylic acids is 1. The van der Waals surface area contributed by atoms with Crippen molar-refractivity contribution in [2.75, 3.05) is 26.3 Å². The SMILES string of the molecule is C=C(NNC(=O)c1cccc(S(=O)(=O)N2CCOCC2)c1)c1ccc(C#N)cc1. The molecule has 2 N–H and O–H groups in total. The number of hydrogen-bond donors (Lipinski definition) is 2. The summed E-state index contributed by atoms with van der Waals surface area (Å²) in [6.45, 7) is 5.10. The van der Waals surface area contributed by atoms with E-state index in [2.05, 4.69) is 17.4 Å². The number of nitrogens with one attached hydrogen (secondary N) is 2. The van der Waals surface area contributed by atoms with Crippen molar-refractivity contribution in [3.8, 4) is 6.07 Å². The fourth-order valence-electron chi connectivity index (χ4n) is 2.76. The number of benzene rings is 2. The first kappa shape index (κ1) is 20.5. The van der Waals surface area contributed by atoms with Crippen LogP contribution in [0.2, 0.25) is 0 Å². The number of nitrogens with zero attached hydrogens (tertiary/aromatic N) is 2. The smallest absolute Gasteiger partial charge is 0.269 e. The van der Waals surface area contributed by atoms with Gasteiger partial charge in [-0.25, -0.2) is 8.42 Å². The molecule has 1 amide bonds. The molecule has 1 aliphatic rings. The second kappa shape index (κ2) is 8.87. The zero-order valence-corrected chi connectivity index (χ0v) is 16.4. The fourth-order valence-corrected chi connectivity index (χ4v) is 4.21. The first-order valence-corrected chi connectivity index (χ1v) is 10.3. The van der Waals surface area contributed by atoms with E-state index in [1.54, 1.807) is 24.3 Å². The van der Waals surface area contributed by atoms with Gasteiger partial charge >= 0.3 is 0 Å². The van der Waals surface area contributed by atoms with Crippen molar-refractivity contribution in [1.29, 1.82) is 5.26 Å². The molecule has 9 heteroatoms. The molecule has 1 saturated heterocycles. The minimum Gasteiger partial charge on any atom is -0.379 e. The van der Waals surface area contributed by atoms with Gasteiger partial charge in [-0.05, 0) is 35.9 Å². The third kappa shape index (κ3) is 4.81. The highest BCUT2D eigenvalue weighted by molar-refractivity contribution is 7.89. The number of hydrazine groups is 1. The van der Waals surface area contributed by atoms with Crippen LogP contribution in [0, 0.1) is 11.3 Å². The van der Waals surface area contributed by atoms with E-state index in [1.165, 1.54) is 28.6 Å². The van der Waals surface area contributed by atoms with E-state index < -0.39 is 15.9 Å². The summed E-state index contributed by atoms with van der Waals surface area (Å²) in [5, 5.41) is 8.84. The quantitative estimate of drug-likeness (QED) is 0.696. The van der Waals surface area contributed by atoms with E-state index in [1.807, 2.05) is 6.07 Å². The summed E-state index contributed by atoms with van der Waals surface area (Å²) >= 11 is 0. The van der Waals surface area contributed by atoms with Crippen molar-refractivity contribution in [1.82, 2.24) is 15.2 Å². The monoisotopic (exact) mass is 412 g/mol. The number of morpholine rings is 1. The molecule has 2 aromatic rings. The van der Waals surface area contributed by atoms with Crippen molar-refractivity contribution < 1.29 is 17.9 Å². The number of rotatable bonds is 6. The van der Waals surface area contributed by atoms with Gasteiger partial charge in [-0.1, -0.05) is 24.8 Å². The predicted molar refractivity (Wildman–Crippen MR) is 107 cm³/mol. The van der Waals surface area contributed by atoms with Crippen LogP contribution in [-0.4, -0.2) is 44.9 Å². The Morgan fingerprint density at radius 3 is 2.41 bits per heavy atom. The van der Waals surface area contributed by atoms with Crippen molar-refractivity contribution in [2.24, 2.45) is 0 Å². The Kier molecular flexibility index (Phi) is 6.29. The van der Waals surface area contributed by atoms with E-state index in [4.69, 9.17) is 10.00 Å². The zero-order chi connectivity index (χ0) is 20.9. The normalized spacial score (nSPS) is 14.6. The molecule has 1 heterocycles. The largest absolute Gasteiger partial charge is 0.379 e. The maximum absolute atomic E-state index is 12.8. The molecule has 29 heavy (non-hydrogen) atoms. The van der Waals surface area contributed by atoms with Crippen molar-refractivity contribution in [2.45, 2.75) is 4.90 Å². The Hall–Kier alpha value is -3.19.